The first kappa shape index (κ1) is 20.7. The quantitative estimate of drug-likeness (QED) is 0.495. The molecule has 0 atom stereocenters. The molecule has 2 N–H and O–H groups in total. The van der Waals surface area contributed by atoms with Crippen LogP contribution in [0.3, 0.4) is 0 Å². The number of hydrogen-bond donors (Lipinski definition) is 2. The maximum absolute atomic E-state index is 12.1. The molecular weight excluding hydrogens is 390 g/mol. The molecule has 2 amide bonds. The molecule has 2 heterocycles. The maximum Gasteiger partial charge on any atom is 0.239 e. The van der Waals surface area contributed by atoms with Gasteiger partial charge in [-0.3, -0.25) is 14.2 Å². The fourth-order valence-electron chi connectivity index (χ4n) is 2.58. The topological polar surface area (TPSA) is 102 Å². The Morgan fingerprint density at radius 3 is 2.62 bits per heavy atom. The van der Waals surface area contributed by atoms with Crippen LogP contribution in [0.1, 0.15) is 19.1 Å². The van der Waals surface area contributed by atoms with E-state index in [4.69, 9.17) is 4.42 Å². The highest BCUT2D eigenvalue weighted by Gasteiger charge is 2.17. The molecule has 3 rings (SSSR count). The van der Waals surface area contributed by atoms with Crippen LogP contribution in [0.15, 0.2) is 58.3 Å². The van der Waals surface area contributed by atoms with E-state index in [1.165, 1.54) is 11.8 Å². The second-order valence-corrected chi connectivity index (χ2v) is 7.20. The number of furan rings is 1. The Labute approximate surface area is 173 Å². The minimum atomic E-state index is -0.240. The van der Waals surface area contributed by atoms with Crippen molar-refractivity contribution in [3.05, 3.63) is 54.5 Å². The van der Waals surface area contributed by atoms with Gasteiger partial charge in [0.05, 0.1) is 25.1 Å². The van der Waals surface area contributed by atoms with Gasteiger partial charge in [0.1, 0.15) is 5.76 Å². The van der Waals surface area contributed by atoms with Crippen LogP contribution in [0.5, 0.6) is 0 Å². The number of amides is 2. The zero-order chi connectivity index (χ0) is 20.5. The third-order valence-electron chi connectivity index (χ3n) is 3.99. The molecule has 9 heteroatoms. The molecule has 0 bridgehead atoms. The van der Waals surface area contributed by atoms with Crippen LogP contribution in [-0.4, -0.2) is 45.4 Å². The standard InChI is InChI=1S/C20H23N5O3S/c1-2-10-21-17(26)12-22-18(27)14-29-20-24-23-19(15-7-4-3-5-8-15)25(20)13-16-9-6-11-28-16/h3-9,11H,2,10,12-14H2,1H3,(H,21,26)(H,22,27). The van der Waals surface area contributed by atoms with Gasteiger partial charge in [-0.15, -0.1) is 10.2 Å². The van der Waals surface area contributed by atoms with Crippen molar-refractivity contribution in [3.63, 3.8) is 0 Å². The predicted molar refractivity (Wildman–Crippen MR) is 110 cm³/mol. The Kier molecular flexibility index (Phi) is 7.46. The van der Waals surface area contributed by atoms with Gasteiger partial charge in [-0.1, -0.05) is 49.0 Å². The fraction of sp³-hybridized carbons (Fsp3) is 0.300. The number of hydrogen-bond acceptors (Lipinski definition) is 6. The van der Waals surface area contributed by atoms with Crippen LogP contribution in [0.4, 0.5) is 0 Å². The summed E-state index contributed by atoms with van der Waals surface area (Å²) in [4.78, 5) is 23.7. The lowest BCUT2D eigenvalue weighted by Gasteiger charge is -2.09. The van der Waals surface area contributed by atoms with Crippen molar-refractivity contribution in [2.75, 3.05) is 18.8 Å². The first-order valence-corrected chi connectivity index (χ1v) is 10.3. The van der Waals surface area contributed by atoms with Gasteiger partial charge in [0.25, 0.3) is 0 Å². The summed E-state index contributed by atoms with van der Waals surface area (Å²) in [5.41, 5.74) is 0.926. The van der Waals surface area contributed by atoms with Crippen molar-refractivity contribution in [1.82, 2.24) is 25.4 Å². The number of thioether (sulfide) groups is 1. The number of aromatic nitrogens is 3. The molecule has 0 fully saturated rings. The van der Waals surface area contributed by atoms with E-state index in [2.05, 4.69) is 20.8 Å². The zero-order valence-corrected chi connectivity index (χ0v) is 16.9. The average Bonchev–Trinajstić information content (AvgIpc) is 3.40. The second-order valence-electron chi connectivity index (χ2n) is 6.25. The average molecular weight is 414 g/mol. The molecule has 1 aromatic carbocycles. The Morgan fingerprint density at radius 1 is 1.07 bits per heavy atom. The van der Waals surface area contributed by atoms with Gasteiger partial charge in [-0.05, 0) is 18.6 Å². The summed E-state index contributed by atoms with van der Waals surface area (Å²) in [6, 6.07) is 13.4. The predicted octanol–water partition coefficient (Wildman–Crippen LogP) is 2.32. The summed E-state index contributed by atoms with van der Waals surface area (Å²) >= 11 is 1.27. The SMILES string of the molecule is CCCNC(=O)CNC(=O)CSc1nnc(-c2ccccc2)n1Cc1ccco1. The molecule has 0 aliphatic heterocycles. The van der Waals surface area contributed by atoms with E-state index in [-0.39, 0.29) is 24.1 Å². The van der Waals surface area contributed by atoms with Crippen LogP contribution in [0.2, 0.25) is 0 Å². The van der Waals surface area contributed by atoms with E-state index in [0.29, 0.717) is 24.1 Å². The third kappa shape index (κ3) is 5.95. The van der Waals surface area contributed by atoms with E-state index < -0.39 is 0 Å². The monoisotopic (exact) mass is 413 g/mol. The fourth-order valence-corrected chi connectivity index (χ4v) is 3.35. The van der Waals surface area contributed by atoms with Crippen LogP contribution < -0.4 is 10.6 Å². The molecule has 152 valence electrons. The summed E-state index contributed by atoms with van der Waals surface area (Å²) in [5.74, 6) is 1.16. The van der Waals surface area contributed by atoms with Gasteiger partial charge in [0.2, 0.25) is 11.8 Å². The van der Waals surface area contributed by atoms with Crippen molar-refractivity contribution < 1.29 is 14.0 Å². The third-order valence-corrected chi connectivity index (χ3v) is 4.96. The first-order chi connectivity index (χ1) is 14.2. The molecular formula is C20H23N5O3S. The maximum atomic E-state index is 12.1. The number of nitrogens with zero attached hydrogens (tertiary/aromatic N) is 3. The summed E-state index contributed by atoms with van der Waals surface area (Å²) in [7, 11) is 0. The van der Waals surface area contributed by atoms with Crippen molar-refractivity contribution in [3.8, 4) is 11.4 Å². The highest BCUT2D eigenvalue weighted by Crippen LogP contribution is 2.25. The van der Waals surface area contributed by atoms with Crippen LogP contribution >= 0.6 is 11.8 Å². The van der Waals surface area contributed by atoms with Gasteiger partial charge in [0.15, 0.2) is 11.0 Å². The van der Waals surface area contributed by atoms with Gasteiger partial charge in [-0.25, -0.2) is 0 Å². The van der Waals surface area contributed by atoms with Crippen molar-refractivity contribution in [2.45, 2.75) is 25.0 Å². The van der Waals surface area contributed by atoms with E-state index >= 15 is 0 Å². The molecule has 0 radical (unpaired) electrons. The molecule has 3 aromatic rings. The summed E-state index contributed by atoms with van der Waals surface area (Å²) in [6.45, 7) is 2.99. The number of carbonyl (C=O) groups is 2. The molecule has 0 saturated heterocycles. The Bertz CT molecular complexity index is 925. The Hall–Kier alpha value is -3.07. The lowest BCUT2D eigenvalue weighted by atomic mass is 10.2. The lowest BCUT2D eigenvalue weighted by molar-refractivity contribution is -0.124. The largest absolute Gasteiger partial charge is 0.467 e. The van der Waals surface area contributed by atoms with Crippen LogP contribution in [0, 0.1) is 0 Å². The molecule has 0 spiro atoms. The number of nitrogens with one attached hydrogen (secondary N) is 2. The van der Waals surface area contributed by atoms with E-state index in [1.54, 1.807) is 6.26 Å². The number of carbonyl (C=O) groups excluding carboxylic acids is 2. The number of rotatable bonds is 10. The summed E-state index contributed by atoms with van der Waals surface area (Å²) in [5, 5.41) is 14.5. The Morgan fingerprint density at radius 2 is 1.90 bits per heavy atom. The van der Waals surface area contributed by atoms with Crippen molar-refractivity contribution >= 4 is 23.6 Å². The van der Waals surface area contributed by atoms with Crippen LogP contribution in [-0.2, 0) is 16.1 Å². The molecule has 0 aliphatic carbocycles. The van der Waals surface area contributed by atoms with E-state index in [0.717, 1.165) is 17.7 Å². The minimum absolute atomic E-state index is 0.0340. The zero-order valence-electron chi connectivity index (χ0n) is 16.1. The molecule has 2 aromatic heterocycles. The van der Waals surface area contributed by atoms with Crippen molar-refractivity contribution in [1.29, 1.82) is 0 Å². The summed E-state index contributed by atoms with van der Waals surface area (Å²) in [6.07, 6.45) is 2.47. The minimum Gasteiger partial charge on any atom is -0.467 e. The van der Waals surface area contributed by atoms with E-state index in [9.17, 15) is 9.59 Å². The highest BCUT2D eigenvalue weighted by molar-refractivity contribution is 7.99. The Balaban J connectivity index is 1.66. The number of benzene rings is 1. The molecule has 0 aliphatic rings. The lowest BCUT2D eigenvalue weighted by Crippen LogP contribution is -2.37. The van der Waals surface area contributed by atoms with Gasteiger partial charge in [-0.2, -0.15) is 0 Å². The summed E-state index contributed by atoms with van der Waals surface area (Å²) < 4.78 is 7.38. The normalized spacial score (nSPS) is 10.7. The second kappa shape index (κ2) is 10.5. The molecule has 29 heavy (non-hydrogen) atoms. The van der Waals surface area contributed by atoms with Crippen LogP contribution in [0.25, 0.3) is 11.4 Å². The van der Waals surface area contributed by atoms with Crippen molar-refractivity contribution in [2.24, 2.45) is 0 Å². The van der Waals surface area contributed by atoms with Gasteiger partial charge in [0, 0.05) is 12.1 Å². The van der Waals surface area contributed by atoms with Gasteiger partial charge >= 0.3 is 0 Å². The highest BCUT2D eigenvalue weighted by atomic mass is 32.2. The van der Waals surface area contributed by atoms with E-state index in [1.807, 2.05) is 54.0 Å². The smallest absolute Gasteiger partial charge is 0.239 e. The van der Waals surface area contributed by atoms with Gasteiger partial charge < -0.3 is 15.1 Å². The molecule has 0 saturated carbocycles. The first-order valence-electron chi connectivity index (χ1n) is 9.34. The molecule has 0 unspecified atom stereocenters. The molecule has 8 nitrogen and oxygen atoms in total.